The van der Waals surface area contributed by atoms with Crippen LogP contribution in [-0.4, -0.2) is 16.2 Å². The molecule has 0 unspecified atom stereocenters. The first-order valence-electron chi connectivity index (χ1n) is 5.16. The summed E-state index contributed by atoms with van der Waals surface area (Å²) in [6.07, 6.45) is 0. The Morgan fingerprint density at radius 1 is 1.00 bits per heavy atom. The van der Waals surface area contributed by atoms with Gasteiger partial charge in [-0.3, -0.25) is 0 Å². The first-order chi connectivity index (χ1) is 8.95. The van der Waals surface area contributed by atoms with Crippen molar-refractivity contribution in [1.29, 1.82) is 0 Å². The van der Waals surface area contributed by atoms with Gasteiger partial charge in [0, 0.05) is 15.0 Å². The first-order valence-corrected chi connectivity index (χ1v) is 6.74. The molecule has 2 aromatic rings. The monoisotopic (exact) mass is 386 g/mol. The fraction of sp³-hybridized carbons (Fsp3) is 0. The maximum absolute atomic E-state index is 11.9. The SMILES string of the molecule is O=C(Oc1cc(Br)cc(Br)c1)c1ccc(O)cc1O. The van der Waals surface area contributed by atoms with Crippen LogP contribution in [0.3, 0.4) is 0 Å². The van der Waals surface area contributed by atoms with Gasteiger partial charge in [0.25, 0.3) is 0 Å². The van der Waals surface area contributed by atoms with E-state index in [-0.39, 0.29) is 17.1 Å². The van der Waals surface area contributed by atoms with Gasteiger partial charge in [-0.1, -0.05) is 31.9 Å². The molecule has 6 heteroatoms. The summed E-state index contributed by atoms with van der Waals surface area (Å²) >= 11 is 6.56. The Hall–Kier alpha value is -1.53. The normalized spacial score (nSPS) is 10.2. The van der Waals surface area contributed by atoms with Gasteiger partial charge >= 0.3 is 5.97 Å². The Morgan fingerprint density at radius 2 is 1.63 bits per heavy atom. The lowest BCUT2D eigenvalue weighted by molar-refractivity contribution is 0.0731. The summed E-state index contributed by atoms with van der Waals surface area (Å²) in [5.41, 5.74) is -0.0195. The maximum Gasteiger partial charge on any atom is 0.347 e. The van der Waals surface area contributed by atoms with Crippen molar-refractivity contribution in [2.45, 2.75) is 0 Å². The lowest BCUT2D eigenvalue weighted by atomic mass is 10.2. The van der Waals surface area contributed by atoms with Crippen LogP contribution in [0, 0.1) is 0 Å². The average Bonchev–Trinajstić information content (AvgIpc) is 2.26. The zero-order valence-corrected chi connectivity index (χ0v) is 12.6. The van der Waals surface area contributed by atoms with Gasteiger partial charge in [0.15, 0.2) is 0 Å². The van der Waals surface area contributed by atoms with E-state index in [0.29, 0.717) is 5.75 Å². The standard InChI is InChI=1S/C13H8Br2O4/c14-7-3-8(15)5-10(4-7)19-13(18)11-2-1-9(16)6-12(11)17/h1-6,16-17H. The molecule has 0 aromatic heterocycles. The molecule has 98 valence electrons. The highest BCUT2D eigenvalue weighted by Crippen LogP contribution is 2.27. The summed E-state index contributed by atoms with van der Waals surface area (Å²) in [7, 11) is 0. The number of benzene rings is 2. The largest absolute Gasteiger partial charge is 0.508 e. The molecule has 0 aliphatic rings. The number of ether oxygens (including phenoxy) is 1. The van der Waals surface area contributed by atoms with Gasteiger partial charge in [-0.15, -0.1) is 0 Å². The summed E-state index contributed by atoms with van der Waals surface area (Å²) in [5, 5.41) is 18.7. The molecular weight excluding hydrogens is 380 g/mol. The molecule has 0 heterocycles. The van der Waals surface area contributed by atoms with E-state index < -0.39 is 5.97 Å². The van der Waals surface area contributed by atoms with Gasteiger partial charge < -0.3 is 14.9 Å². The highest BCUT2D eigenvalue weighted by molar-refractivity contribution is 9.11. The van der Waals surface area contributed by atoms with Crippen LogP contribution in [0.2, 0.25) is 0 Å². The van der Waals surface area contributed by atoms with Gasteiger partial charge in [-0.05, 0) is 30.3 Å². The minimum Gasteiger partial charge on any atom is -0.508 e. The van der Waals surface area contributed by atoms with Gasteiger partial charge in [-0.25, -0.2) is 4.79 Å². The molecular formula is C13H8Br2O4. The molecule has 2 rings (SSSR count). The second-order valence-corrected chi connectivity index (χ2v) is 5.53. The Kier molecular flexibility index (Phi) is 4.11. The van der Waals surface area contributed by atoms with E-state index in [4.69, 9.17) is 9.84 Å². The van der Waals surface area contributed by atoms with E-state index in [1.54, 1.807) is 18.2 Å². The van der Waals surface area contributed by atoms with Gasteiger partial charge in [0.2, 0.25) is 0 Å². The molecule has 0 saturated heterocycles. The smallest absolute Gasteiger partial charge is 0.347 e. The van der Waals surface area contributed by atoms with Crippen LogP contribution in [0.5, 0.6) is 17.2 Å². The number of phenols is 2. The Balaban J connectivity index is 2.25. The summed E-state index contributed by atoms with van der Waals surface area (Å²) < 4.78 is 6.64. The molecule has 0 radical (unpaired) electrons. The van der Waals surface area contributed by atoms with Crippen molar-refractivity contribution >= 4 is 37.8 Å². The van der Waals surface area contributed by atoms with Crippen LogP contribution in [0.1, 0.15) is 10.4 Å². The molecule has 0 aliphatic heterocycles. The summed E-state index contributed by atoms with van der Waals surface area (Å²) in [5.74, 6) is -0.834. The number of hydrogen-bond donors (Lipinski definition) is 2. The Bertz CT molecular complexity index is 620. The quantitative estimate of drug-likeness (QED) is 0.606. The van der Waals surface area contributed by atoms with Crippen molar-refractivity contribution in [3.05, 3.63) is 50.9 Å². The van der Waals surface area contributed by atoms with Crippen LogP contribution in [0.15, 0.2) is 45.3 Å². The Labute approximate surface area is 125 Å². The fourth-order valence-electron chi connectivity index (χ4n) is 1.44. The molecule has 2 aromatic carbocycles. The number of rotatable bonds is 2. The van der Waals surface area contributed by atoms with E-state index in [1.807, 2.05) is 0 Å². The molecule has 0 bridgehead atoms. The molecule has 19 heavy (non-hydrogen) atoms. The van der Waals surface area contributed by atoms with E-state index >= 15 is 0 Å². The minimum atomic E-state index is -0.706. The van der Waals surface area contributed by atoms with Crippen LogP contribution in [-0.2, 0) is 0 Å². The molecule has 0 aliphatic carbocycles. The lowest BCUT2D eigenvalue weighted by Gasteiger charge is -2.07. The van der Waals surface area contributed by atoms with Crippen LogP contribution in [0.4, 0.5) is 0 Å². The van der Waals surface area contributed by atoms with Crippen molar-refractivity contribution in [3.63, 3.8) is 0 Å². The third-order valence-corrected chi connectivity index (χ3v) is 3.16. The lowest BCUT2D eigenvalue weighted by Crippen LogP contribution is -2.08. The molecule has 0 amide bonds. The van der Waals surface area contributed by atoms with Crippen LogP contribution in [0.25, 0.3) is 0 Å². The number of halogens is 2. The van der Waals surface area contributed by atoms with E-state index in [2.05, 4.69) is 31.9 Å². The van der Waals surface area contributed by atoms with E-state index in [0.717, 1.165) is 15.0 Å². The Morgan fingerprint density at radius 3 is 2.21 bits per heavy atom. The van der Waals surface area contributed by atoms with E-state index in [1.165, 1.54) is 12.1 Å². The third kappa shape index (κ3) is 3.48. The number of aromatic hydroxyl groups is 2. The van der Waals surface area contributed by atoms with Crippen LogP contribution >= 0.6 is 31.9 Å². The predicted octanol–water partition coefficient (Wildman–Crippen LogP) is 3.84. The second kappa shape index (κ2) is 5.63. The summed E-state index contributed by atoms with van der Waals surface area (Å²) in [6, 6.07) is 8.72. The third-order valence-electron chi connectivity index (χ3n) is 2.25. The molecule has 2 N–H and O–H groups in total. The predicted molar refractivity (Wildman–Crippen MR) is 76.6 cm³/mol. The zero-order valence-electron chi connectivity index (χ0n) is 9.43. The van der Waals surface area contributed by atoms with Crippen molar-refractivity contribution in [2.24, 2.45) is 0 Å². The van der Waals surface area contributed by atoms with Gasteiger partial charge in [-0.2, -0.15) is 0 Å². The number of hydrogen-bond acceptors (Lipinski definition) is 4. The van der Waals surface area contributed by atoms with Crippen molar-refractivity contribution < 1.29 is 19.7 Å². The van der Waals surface area contributed by atoms with Gasteiger partial charge in [0.05, 0.1) is 0 Å². The van der Waals surface area contributed by atoms with Crippen LogP contribution < -0.4 is 4.74 Å². The second-order valence-electron chi connectivity index (χ2n) is 3.70. The maximum atomic E-state index is 11.9. The van der Waals surface area contributed by atoms with Gasteiger partial charge in [0.1, 0.15) is 22.8 Å². The summed E-state index contributed by atoms with van der Waals surface area (Å²) in [6.45, 7) is 0. The molecule has 0 atom stereocenters. The number of carbonyl (C=O) groups excluding carboxylic acids is 1. The number of carbonyl (C=O) groups is 1. The average molecular weight is 388 g/mol. The fourth-order valence-corrected chi connectivity index (χ4v) is 2.69. The first kappa shape index (κ1) is 13.9. The molecule has 0 fully saturated rings. The highest BCUT2D eigenvalue weighted by Gasteiger charge is 2.14. The van der Waals surface area contributed by atoms with Crippen molar-refractivity contribution in [1.82, 2.24) is 0 Å². The van der Waals surface area contributed by atoms with Crippen molar-refractivity contribution in [3.8, 4) is 17.2 Å². The van der Waals surface area contributed by atoms with Crippen molar-refractivity contribution in [2.75, 3.05) is 0 Å². The highest BCUT2D eigenvalue weighted by atomic mass is 79.9. The zero-order chi connectivity index (χ0) is 14.0. The topological polar surface area (TPSA) is 66.8 Å². The minimum absolute atomic E-state index is 0.0195. The molecule has 0 spiro atoms. The summed E-state index contributed by atoms with van der Waals surface area (Å²) in [4.78, 5) is 11.9. The van der Waals surface area contributed by atoms with E-state index in [9.17, 15) is 9.90 Å². The molecule has 0 saturated carbocycles. The number of esters is 1. The molecule has 4 nitrogen and oxygen atoms in total. The number of phenolic OH excluding ortho intramolecular Hbond substituents is 2.